The topological polar surface area (TPSA) is 49.4 Å². The molecule has 0 radical (unpaired) electrons. The van der Waals surface area contributed by atoms with Crippen LogP contribution in [-0.4, -0.2) is 39.0 Å². The summed E-state index contributed by atoms with van der Waals surface area (Å²) in [5, 5.41) is 0. The molecule has 1 heterocycles. The van der Waals surface area contributed by atoms with Crippen LogP contribution in [-0.2, 0) is 10.0 Å². The number of nitrogens with one attached hydrogen (secondary N) is 1. The average Bonchev–Trinajstić information content (AvgIpc) is 3.08. The number of hydrogen-bond donors (Lipinski definition) is 1. The van der Waals surface area contributed by atoms with Gasteiger partial charge in [0.25, 0.3) is 0 Å². The third kappa shape index (κ3) is 3.65. The summed E-state index contributed by atoms with van der Waals surface area (Å²) >= 11 is 0. The minimum absolute atomic E-state index is 0.0504. The molecule has 5 heteroatoms. The first kappa shape index (κ1) is 15.0. The number of rotatable bonds is 5. The van der Waals surface area contributed by atoms with E-state index in [0.717, 1.165) is 43.1 Å². The van der Waals surface area contributed by atoms with Crippen LogP contribution in [0.3, 0.4) is 0 Å². The molecule has 1 unspecified atom stereocenters. The van der Waals surface area contributed by atoms with E-state index in [1.54, 1.807) is 6.07 Å². The molecule has 2 fully saturated rings. The Morgan fingerprint density at radius 3 is 2.67 bits per heavy atom. The van der Waals surface area contributed by atoms with Crippen molar-refractivity contribution in [3.05, 3.63) is 29.3 Å². The second-order valence-corrected chi connectivity index (χ2v) is 8.26. The van der Waals surface area contributed by atoms with Crippen LogP contribution in [0.25, 0.3) is 0 Å². The van der Waals surface area contributed by atoms with Gasteiger partial charge in [0, 0.05) is 19.1 Å². The van der Waals surface area contributed by atoms with Gasteiger partial charge >= 0.3 is 0 Å². The summed E-state index contributed by atoms with van der Waals surface area (Å²) in [4.78, 5) is 2.81. The van der Waals surface area contributed by atoms with Crippen molar-refractivity contribution in [1.82, 2.24) is 9.62 Å². The lowest BCUT2D eigenvalue weighted by Gasteiger charge is -2.17. The predicted octanol–water partition coefficient (Wildman–Crippen LogP) is 2.07. The summed E-state index contributed by atoms with van der Waals surface area (Å²) in [6.07, 6.45) is 3.60. The highest BCUT2D eigenvalue weighted by Gasteiger charge is 2.31. The van der Waals surface area contributed by atoms with Crippen LogP contribution in [0.5, 0.6) is 0 Å². The van der Waals surface area contributed by atoms with Crippen molar-refractivity contribution < 1.29 is 8.42 Å². The van der Waals surface area contributed by atoms with Crippen molar-refractivity contribution in [2.45, 2.75) is 44.0 Å². The average molecular weight is 308 g/mol. The monoisotopic (exact) mass is 308 g/mol. The molecule has 116 valence electrons. The predicted molar refractivity (Wildman–Crippen MR) is 83.8 cm³/mol. The van der Waals surface area contributed by atoms with Gasteiger partial charge in [0.05, 0.1) is 4.90 Å². The number of nitrogens with zero attached hydrogens (tertiary/aromatic N) is 1. The molecule has 0 amide bonds. The van der Waals surface area contributed by atoms with Crippen molar-refractivity contribution in [2.75, 3.05) is 19.6 Å². The van der Waals surface area contributed by atoms with Gasteiger partial charge in [0.2, 0.25) is 10.0 Å². The Hall–Kier alpha value is -0.910. The number of benzene rings is 1. The number of likely N-dealkylation sites (tertiary alicyclic amines) is 1. The molecule has 1 atom stereocenters. The first-order valence-electron chi connectivity index (χ1n) is 7.76. The van der Waals surface area contributed by atoms with Crippen LogP contribution in [0.2, 0.25) is 0 Å². The lowest BCUT2D eigenvalue weighted by atomic mass is 10.2. The molecule has 1 aromatic carbocycles. The molecule has 0 bridgehead atoms. The summed E-state index contributed by atoms with van der Waals surface area (Å²) in [5.74, 6) is 0.861. The van der Waals surface area contributed by atoms with Gasteiger partial charge in [0.15, 0.2) is 0 Å². The Morgan fingerprint density at radius 2 is 2.00 bits per heavy atom. The van der Waals surface area contributed by atoms with Crippen LogP contribution in [0.1, 0.15) is 30.4 Å². The van der Waals surface area contributed by atoms with Crippen molar-refractivity contribution in [2.24, 2.45) is 5.92 Å². The fraction of sp³-hybridized carbons (Fsp3) is 0.625. The second kappa shape index (κ2) is 5.71. The Balaban J connectivity index is 1.65. The molecule has 1 aliphatic heterocycles. The molecular formula is C16H24N2O2S. The van der Waals surface area contributed by atoms with Gasteiger partial charge in [-0.3, -0.25) is 0 Å². The van der Waals surface area contributed by atoms with Gasteiger partial charge in [-0.15, -0.1) is 0 Å². The van der Waals surface area contributed by atoms with Gasteiger partial charge in [-0.25, -0.2) is 13.1 Å². The van der Waals surface area contributed by atoms with Crippen molar-refractivity contribution >= 4 is 10.0 Å². The fourth-order valence-electron chi connectivity index (χ4n) is 3.14. The zero-order valence-corrected chi connectivity index (χ0v) is 13.6. The normalized spacial score (nSPS) is 23.6. The van der Waals surface area contributed by atoms with Crippen LogP contribution in [0.15, 0.2) is 23.1 Å². The maximum absolute atomic E-state index is 12.5. The van der Waals surface area contributed by atoms with E-state index in [1.165, 1.54) is 12.8 Å². The Bertz CT molecular complexity index is 623. The van der Waals surface area contributed by atoms with Crippen LogP contribution in [0.4, 0.5) is 0 Å². The third-order valence-electron chi connectivity index (χ3n) is 4.43. The van der Waals surface area contributed by atoms with E-state index < -0.39 is 10.0 Å². The molecule has 1 aromatic rings. The number of hydrogen-bond acceptors (Lipinski definition) is 3. The molecule has 2 aliphatic rings. The van der Waals surface area contributed by atoms with E-state index in [2.05, 4.69) is 9.62 Å². The molecule has 1 aliphatic carbocycles. The maximum atomic E-state index is 12.5. The highest BCUT2D eigenvalue weighted by atomic mass is 32.2. The third-order valence-corrected chi connectivity index (χ3v) is 6.11. The number of sulfonamides is 1. The van der Waals surface area contributed by atoms with E-state index in [-0.39, 0.29) is 6.04 Å². The summed E-state index contributed by atoms with van der Waals surface area (Å²) < 4.78 is 27.9. The second-order valence-electron chi connectivity index (χ2n) is 6.58. The molecule has 21 heavy (non-hydrogen) atoms. The highest BCUT2D eigenvalue weighted by molar-refractivity contribution is 7.89. The SMILES string of the molecule is Cc1ccc(S(=O)(=O)NC2CCN(CC3CC3)C2)c(C)c1. The molecule has 4 nitrogen and oxygen atoms in total. The molecule has 3 rings (SSSR count). The molecular weight excluding hydrogens is 284 g/mol. The molecule has 0 aromatic heterocycles. The minimum Gasteiger partial charge on any atom is -0.301 e. The van der Waals surface area contributed by atoms with Crippen molar-refractivity contribution in [1.29, 1.82) is 0 Å². The maximum Gasteiger partial charge on any atom is 0.241 e. The first-order chi connectivity index (χ1) is 9.94. The Labute approximate surface area is 127 Å². The van der Waals surface area contributed by atoms with E-state index in [9.17, 15) is 8.42 Å². The van der Waals surface area contributed by atoms with Gasteiger partial charge in [-0.1, -0.05) is 17.7 Å². The van der Waals surface area contributed by atoms with Gasteiger partial charge < -0.3 is 4.90 Å². The Kier molecular flexibility index (Phi) is 4.08. The fourth-order valence-corrected chi connectivity index (χ4v) is 4.63. The zero-order chi connectivity index (χ0) is 15.0. The van der Waals surface area contributed by atoms with E-state index in [4.69, 9.17) is 0 Å². The molecule has 1 N–H and O–H groups in total. The van der Waals surface area contributed by atoms with Crippen LogP contribution < -0.4 is 4.72 Å². The minimum atomic E-state index is -3.40. The largest absolute Gasteiger partial charge is 0.301 e. The van der Waals surface area contributed by atoms with E-state index in [0.29, 0.717) is 4.90 Å². The number of aryl methyl sites for hydroxylation is 2. The Morgan fingerprint density at radius 1 is 1.24 bits per heavy atom. The summed E-state index contributed by atoms with van der Waals surface area (Å²) in [5.41, 5.74) is 1.90. The van der Waals surface area contributed by atoms with Crippen LogP contribution in [0, 0.1) is 19.8 Å². The molecule has 1 saturated carbocycles. The van der Waals surface area contributed by atoms with E-state index >= 15 is 0 Å². The van der Waals surface area contributed by atoms with Crippen LogP contribution >= 0.6 is 0 Å². The van der Waals surface area contributed by atoms with Crippen molar-refractivity contribution in [3.63, 3.8) is 0 Å². The quantitative estimate of drug-likeness (QED) is 0.906. The first-order valence-corrected chi connectivity index (χ1v) is 9.24. The molecule has 1 saturated heterocycles. The van der Waals surface area contributed by atoms with Crippen molar-refractivity contribution in [3.8, 4) is 0 Å². The molecule has 0 spiro atoms. The summed E-state index contributed by atoms with van der Waals surface area (Å²) in [6.45, 7) is 6.83. The van der Waals surface area contributed by atoms with Gasteiger partial charge in [-0.2, -0.15) is 0 Å². The summed E-state index contributed by atoms with van der Waals surface area (Å²) in [7, 11) is -3.40. The van der Waals surface area contributed by atoms with Gasteiger partial charge in [0.1, 0.15) is 0 Å². The summed E-state index contributed by atoms with van der Waals surface area (Å²) in [6, 6.07) is 5.54. The smallest absolute Gasteiger partial charge is 0.241 e. The highest BCUT2D eigenvalue weighted by Crippen LogP contribution is 2.31. The standard InChI is InChI=1S/C16H24N2O2S/c1-12-3-6-16(13(2)9-12)21(19,20)17-15-7-8-18(11-15)10-14-4-5-14/h3,6,9,14-15,17H,4-5,7-8,10-11H2,1-2H3. The lowest BCUT2D eigenvalue weighted by Crippen LogP contribution is -2.37. The van der Waals surface area contributed by atoms with Gasteiger partial charge in [-0.05, 0) is 57.2 Å². The van der Waals surface area contributed by atoms with E-state index in [1.807, 2.05) is 26.0 Å². The zero-order valence-electron chi connectivity index (χ0n) is 12.8. The lowest BCUT2D eigenvalue weighted by molar-refractivity contribution is 0.318.